The van der Waals surface area contributed by atoms with Crippen molar-refractivity contribution in [1.29, 1.82) is 0 Å². The first-order valence-corrected chi connectivity index (χ1v) is 8.79. The van der Waals surface area contributed by atoms with E-state index in [1.807, 2.05) is 0 Å². The summed E-state index contributed by atoms with van der Waals surface area (Å²) in [6.07, 6.45) is 2.99. The molecule has 0 spiro atoms. The van der Waals surface area contributed by atoms with Gasteiger partial charge >= 0.3 is 0 Å². The van der Waals surface area contributed by atoms with E-state index in [2.05, 4.69) is 48.5 Å². The first-order chi connectivity index (χ1) is 7.12. The predicted octanol–water partition coefficient (Wildman–Crippen LogP) is 2.46. The third-order valence-corrected chi connectivity index (χ3v) is 5.34. The molecule has 0 unspecified atom stereocenters. The topological polar surface area (TPSA) is 41.8 Å². The minimum atomic E-state index is -1.24. The van der Waals surface area contributed by atoms with Crippen molar-refractivity contribution in [3.8, 4) is 0 Å². The van der Waals surface area contributed by atoms with Crippen molar-refractivity contribution in [3.05, 3.63) is 36.0 Å². The van der Waals surface area contributed by atoms with Gasteiger partial charge in [0.15, 0.2) is 0 Å². The van der Waals surface area contributed by atoms with Gasteiger partial charge in [0.05, 0.1) is 8.07 Å². The Hall–Kier alpha value is -1.06. The van der Waals surface area contributed by atoms with E-state index in [9.17, 15) is 0 Å². The molecule has 0 fully saturated rings. The van der Waals surface area contributed by atoms with Crippen molar-refractivity contribution >= 4 is 19.0 Å². The Labute approximate surface area is 91.5 Å². The van der Waals surface area contributed by atoms with E-state index in [-0.39, 0.29) is 0 Å². The van der Waals surface area contributed by atoms with Crippen LogP contribution in [0.3, 0.4) is 0 Å². The number of rotatable bonds is 3. The van der Waals surface area contributed by atoms with Gasteiger partial charge in [-0.1, -0.05) is 31.3 Å². The average molecular weight is 218 g/mol. The molecular weight excluding hydrogens is 200 g/mol. The fraction of sp³-hybridized carbons (Fsp3) is 0.333. The SMILES string of the molecule is C[Si](C)(CN)Cc1c[nH]c2ccccc12. The summed E-state index contributed by atoms with van der Waals surface area (Å²) in [7, 11) is -1.24. The Kier molecular flexibility index (Phi) is 2.67. The van der Waals surface area contributed by atoms with E-state index in [0.717, 1.165) is 12.2 Å². The minimum absolute atomic E-state index is 0.854. The molecule has 3 heteroatoms. The van der Waals surface area contributed by atoms with Crippen molar-refractivity contribution in [1.82, 2.24) is 4.98 Å². The maximum atomic E-state index is 5.82. The van der Waals surface area contributed by atoms with Crippen LogP contribution in [0.2, 0.25) is 13.1 Å². The summed E-state index contributed by atoms with van der Waals surface area (Å²) in [5.74, 6) is 0. The van der Waals surface area contributed by atoms with Crippen LogP contribution in [-0.4, -0.2) is 19.2 Å². The number of aromatic amines is 1. The number of hydrogen-bond acceptors (Lipinski definition) is 1. The van der Waals surface area contributed by atoms with Crippen molar-refractivity contribution in [3.63, 3.8) is 0 Å². The second kappa shape index (κ2) is 3.83. The average Bonchev–Trinajstić information content (AvgIpc) is 2.62. The van der Waals surface area contributed by atoms with E-state index in [4.69, 9.17) is 5.73 Å². The Morgan fingerprint density at radius 2 is 2.00 bits per heavy atom. The van der Waals surface area contributed by atoms with Gasteiger partial charge in [-0.25, -0.2) is 0 Å². The van der Waals surface area contributed by atoms with Gasteiger partial charge in [-0.3, -0.25) is 0 Å². The number of aromatic nitrogens is 1. The van der Waals surface area contributed by atoms with Crippen molar-refractivity contribution in [2.24, 2.45) is 5.73 Å². The summed E-state index contributed by atoms with van der Waals surface area (Å²) in [5, 5.41) is 1.35. The first-order valence-electron chi connectivity index (χ1n) is 5.37. The fourth-order valence-corrected chi connectivity index (χ4v) is 3.33. The smallest absolute Gasteiger partial charge is 0.0666 e. The van der Waals surface area contributed by atoms with Gasteiger partial charge in [-0.2, -0.15) is 0 Å². The number of benzene rings is 1. The van der Waals surface area contributed by atoms with Gasteiger partial charge in [0.25, 0.3) is 0 Å². The summed E-state index contributed by atoms with van der Waals surface area (Å²) in [4.78, 5) is 3.32. The van der Waals surface area contributed by atoms with Crippen LogP contribution in [-0.2, 0) is 6.04 Å². The molecule has 2 nitrogen and oxygen atoms in total. The maximum absolute atomic E-state index is 5.82. The number of nitrogens with two attached hydrogens (primary N) is 1. The summed E-state index contributed by atoms with van der Waals surface area (Å²) in [6, 6.07) is 9.62. The van der Waals surface area contributed by atoms with E-state index >= 15 is 0 Å². The van der Waals surface area contributed by atoms with E-state index in [1.165, 1.54) is 16.5 Å². The van der Waals surface area contributed by atoms with Crippen LogP contribution in [0, 0.1) is 0 Å². The van der Waals surface area contributed by atoms with Gasteiger partial charge < -0.3 is 10.7 Å². The Bertz CT molecular complexity index is 459. The van der Waals surface area contributed by atoms with Crippen molar-refractivity contribution in [2.45, 2.75) is 19.1 Å². The highest BCUT2D eigenvalue weighted by molar-refractivity contribution is 6.77. The van der Waals surface area contributed by atoms with Gasteiger partial charge in [0.1, 0.15) is 0 Å². The fourth-order valence-electron chi connectivity index (χ4n) is 1.87. The lowest BCUT2D eigenvalue weighted by Gasteiger charge is -2.19. The van der Waals surface area contributed by atoms with Gasteiger partial charge in [-0.15, -0.1) is 0 Å². The number of para-hydroxylation sites is 1. The van der Waals surface area contributed by atoms with Gasteiger partial charge in [0.2, 0.25) is 0 Å². The second-order valence-electron chi connectivity index (χ2n) is 4.90. The van der Waals surface area contributed by atoms with Crippen LogP contribution < -0.4 is 5.73 Å². The molecule has 2 aromatic rings. The molecule has 0 bridgehead atoms. The first kappa shape index (κ1) is 10.5. The van der Waals surface area contributed by atoms with Crippen LogP contribution in [0.1, 0.15) is 5.56 Å². The number of H-pyrrole nitrogens is 1. The second-order valence-corrected chi connectivity index (χ2v) is 9.99. The summed E-state index contributed by atoms with van der Waals surface area (Å²) in [5.41, 5.74) is 8.47. The molecule has 2 rings (SSSR count). The molecule has 1 aromatic heterocycles. The summed E-state index contributed by atoms with van der Waals surface area (Å²) >= 11 is 0. The Balaban J connectivity index is 2.37. The van der Waals surface area contributed by atoms with E-state index in [0.29, 0.717) is 0 Å². The monoisotopic (exact) mass is 218 g/mol. The quantitative estimate of drug-likeness (QED) is 0.764. The third kappa shape index (κ3) is 2.13. The Morgan fingerprint density at radius 1 is 1.27 bits per heavy atom. The predicted molar refractivity (Wildman–Crippen MR) is 68.5 cm³/mol. The number of nitrogens with one attached hydrogen (secondary N) is 1. The van der Waals surface area contributed by atoms with E-state index in [1.54, 1.807) is 0 Å². The van der Waals surface area contributed by atoms with Gasteiger partial charge in [-0.05, 0) is 23.8 Å². The normalized spacial score (nSPS) is 12.2. The maximum Gasteiger partial charge on any atom is 0.0666 e. The molecule has 0 aliphatic rings. The zero-order valence-corrected chi connectivity index (χ0v) is 10.4. The third-order valence-electron chi connectivity index (χ3n) is 2.90. The molecule has 1 heterocycles. The van der Waals surface area contributed by atoms with Crippen LogP contribution in [0.4, 0.5) is 0 Å². The highest BCUT2D eigenvalue weighted by Crippen LogP contribution is 2.21. The van der Waals surface area contributed by atoms with Crippen LogP contribution in [0.15, 0.2) is 30.5 Å². The van der Waals surface area contributed by atoms with Crippen LogP contribution in [0.5, 0.6) is 0 Å². The largest absolute Gasteiger partial charge is 0.361 e. The molecule has 3 N–H and O–H groups in total. The standard InChI is InChI=1S/C12H18N2Si/c1-15(2,9-13)8-10-7-14-12-6-4-3-5-11(10)12/h3-7,14H,8-9,13H2,1-2H3. The lowest BCUT2D eigenvalue weighted by Crippen LogP contribution is -2.39. The lowest BCUT2D eigenvalue weighted by molar-refractivity contribution is 1.21. The summed E-state index contributed by atoms with van der Waals surface area (Å²) < 4.78 is 0. The van der Waals surface area contributed by atoms with Crippen LogP contribution in [0.25, 0.3) is 10.9 Å². The lowest BCUT2D eigenvalue weighted by atomic mass is 10.2. The molecule has 0 amide bonds. The molecular formula is C12H18N2Si. The Morgan fingerprint density at radius 3 is 2.73 bits per heavy atom. The molecule has 80 valence electrons. The zero-order valence-electron chi connectivity index (χ0n) is 9.38. The molecule has 0 radical (unpaired) electrons. The van der Waals surface area contributed by atoms with Crippen molar-refractivity contribution < 1.29 is 0 Å². The number of fused-ring (bicyclic) bond motifs is 1. The number of hydrogen-bond donors (Lipinski definition) is 2. The van der Waals surface area contributed by atoms with Crippen LogP contribution >= 0.6 is 0 Å². The van der Waals surface area contributed by atoms with E-state index < -0.39 is 8.07 Å². The molecule has 0 saturated heterocycles. The molecule has 0 atom stereocenters. The molecule has 15 heavy (non-hydrogen) atoms. The zero-order chi connectivity index (χ0) is 10.9. The molecule has 0 saturated carbocycles. The van der Waals surface area contributed by atoms with Gasteiger partial charge in [0, 0.05) is 17.1 Å². The van der Waals surface area contributed by atoms with Crippen molar-refractivity contribution in [2.75, 3.05) is 6.17 Å². The molecule has 0 aliphatic carbocycles. The highest BCUT2D eigenvalue weighted by atomic mass is 28.3. The highest BCUT2D eigenvalue weighted by Gasteiger charge is 2.20. The summed E-state index contributed by atoms with van der Waals surface area (Å²) in [6.45, 7) is 4.68. The minimum Gasteiger partial charge on any atom is -0.361 e. The molecule has 1 aromatic carbocycles. The molecule has 0 aliphatic heterocycles.